The molecule has 8 nitrogen and oxygen atoms in total. The largest absolute Gasteiger partial charge is 0.462 e. The smallest absolute Gasteiger partial charge is 0.345 e. The lowest BCUT2D eigenvalue weighted by Crippen LogP contribution is -2.42. The zero-order valence-corrected chi connectivity index (χ0v) is 17.1. The van der Waals surface area contributed by atoms with Crippen molar-refractivity contribution in [2.45, 2.75) is 75.7 Å². The van der Waals surface area contributed by atoms with Gasteiger partial charge in [0.2, 0.25) is 5.60 Å². The van der Waals surface area contributed by atoms with E-state index in [0.717, 1.165) is 11.9 Å². The van der Waals surface area contributed by atoms with E-state index in [-0.39, 0.29) is 12.0 Å². The number of epoxide rings is 2. The number of fused-ring (bicyclic) bond motifs is 4. The van der Waals surface area contributed by atoms with Crippen LogP contribution in [0.1, 0.15) is 61.6 Å². The first-order valence-electron chi connectivity index (χ1n) is 10.1. The monoisotopic (exact) mass is 416 g/mol. The van der Waals surface area contributed by atoms with Gasteiger partial charge in [0.1, 0.15) is 41.5 Å². The highest BCUT2D eigenvalue weighted by molar-refractivity contribution is 5.88. The maximum atomic E-state index is 12.8. The first kappa shape index (κ1) is 19.5. The lowest BCUT2D eigenvalue weighted by atomic mass is 9.83. The maximum absolute atomic E-state index is 12.8. The first-order chi connectivity index (χ1) is 14.2. The van der Waals surface area contributed by atoms with Crippen molar-refractivity contribution in [3.63, 3.8) is 0 Å². The van der Waals surface area contributed by atoms with E-state index in [1.807, 2.05) is 13.8 Å². The van der Waals surface area contributed by atoms with Gasteiger partial charge in [-0.05, 0) is 32.3 Å². The fourth-order valence-corrected chi connectivity index (χ4v) is 4.98. The molecule has 0 spiro atoms. The van der Waals surface area contributed by atoms with Gasteiger partial charge in [0.05, 0.1) is 5.56 Å². The standard InChI is InChI=1S/C22H24O8/c1-10(2)12-5-14-13(9-23)6-15(27-14)18-21(4,29-18)8-16-19-22(30-19,20(25)28-16)17(7-12)26-11(3)24/h6,9,12,16-19H,1,5,7-8H2,2-4H3/t12-,16-,17+,18?,19-,21+,22-/m0/s1. The van der Waals surface area contributed by atoms with E-state index < -0.39 is 41.5 Å². The molecule has 4 bridgehead atoms. The predicted molar refractivity (Wildman–Crippen MR) is 101 cm³/mol. The van der Waals surface area contributed by atoms with Crippen LogP contribution in [-0.2, 0) is 35.0 Å². The summed E-state index contributed by atoms with van der Waals surface area (Å²) in [6.07, 6.45) is -0.277. The minimum atomic E-state index is -1.29. The average Bonchev–Trinajstić information content (AvgIpc) is 3.49. The second-order valence-corrected chi connectivity index (χ2v) is 9.02. The van der Waals surface area contributed by atoms with Crippen LogP contribution in [0.3, 0.4) is 0 Å². The number of esters is 2. The predicted octanol–water partition coefficient (Wildman–Crippen LogP) is 2.45. The van der Waals surface area contributed by atoms with Gasteiger partial charge >= 0.3 is 11.9 Å². The number of allylic oxidation sites excluding steroid dienone is 1. The van der Waals surface area contributed by atoms with Crippen LogP contribution in [0.2, 0.25) is 0 Å². The molecule has 0 radical (unpaired) electrons. The molecule has 4 aliphatic heterocycles. The zero-order valence-electron chi connectivity index (χ0n) is 17.1. The molecular weight excluding hydrogens is 392 g/mol. The molecule has 3 fully saturated rings. The summed E-state index contributed by atoms with van der Waals surface area (Å²) in [5.41, 5.74) is -0.606. The van der Waals surface area contributed by atoms with Crippen molar-refractivity contribution in [3.05, 3.63) is 35.3 Å². The summed E-state index contributed by atoms with van der Waals surface area (Å²) in [5.74, 6) is -0.0990. The van der Waals surface area contributed by atoms with E-state index in [9.17, 15) is 14.4 Å². The molecule has 5 rings (SSSR count). The van der Waals surface area contributed by atoms with E-state index in [0.29, 0.717) is 36.3 Å². The molecule has 5 heterocycles. The molecule has 3 saturated heterocycles. The Balaban J connectivity index is 1.57. The molecule has 0 aliphatic carbocycles. The fraction of sp³-hybridized carbons (Fsp3) is 0.591. The van der Waals surface area contributed by atoms with Crippen LogP contribution in [0.15, 0.2) is 22.6 Å². The summed E-state index contributed by atoms with van der Waals surface area (Å²) in [6, 6.07) is 1.71. The molecule has 1 aromatic rings. The van der Waals surface area contributed by atoms with Crippen molar-refractivity contribution in [3.8, 4) is 0 Å². The van der Waals surface area contributed by atoms with Gasteiger partial charge in [-0.3, -0.25) is 9.59 Å². The molecule has 1 unspecified atom stereocenters. The van der Waals surface area contributed by atoms with E-state index in [4.69, 9.17) is 23.4 Å². The number of ether oxygens (including phenoxy) is 4. The Kier molecular flexibility index (Phi) is 4.08. The Morgan fingerprint density at radius 3 is 2.73 bits per heavy atom. The minimum absolute atomic E-state index is 0.203. The van der Waals surface area contributed by atoms with Crippen LogP contribution in [0.5, 0.6) is 0 Å². The molecule has 0 aromatic carbocycles. The van der Waals surface area contributed by atoms with Crippen LogP contribution >= 0.6 is 0 Å². The molecule has 160 valence electrons. The van der Waals surface area contributed by atoms with E-state index in [1.54, 1.807) is 6.07 Å². The van der Waals surface area contributed by atoms with Crippen molar-refractivity contribution < 1.29 is 37.7 Å². The van der Waals surface area contributed by atoms with E-state index >= 15 is 0 Å². The number of hydrogen-bond acceptors (Lipinski definition) is 8. The molecule has 0 amide bonds. The first-order valence-corrected chi connectivity index (χ1v) is 10.1. The molecule has 4 aliphatic rings. The van der Waals surface area contributed by atoms with Gasteiger partial charge in [0.15, 0.2) is 6.29 Å². The summed E-state index contributed by atoms with van der Waals surface area (Å²) < 4.78 is 29.0. The Morgan fingerprint density at radius 2 is 2.10 bits per heavy atom. The Hall–Kier alpha value is -2.45. The molecule has 0 saturated carbocycles. The van der Waals surface area contributed by atoms with Crippen molar-refractivity contribution in [2.75, 3.05) is 0 Å². The highest BCUT2D eigenvalue weighted by Gasteiger charge is 2.79. The van der Waals surface area contributed by atoms with Gasteiger partial charge in [-0.1, -0.05) is 12.2 Å². The molecule has 0 N–H and O–H groups in total. The molecule has 7 atom stereocenters. The summed E-state index contributed by atoms with van der Waals surface area (Å²) in [7, 11) is 0. The Morgan fingerprint density at radius 1 is 1.33 bits per heavy atom. The average molecular weight is 416 g/mol. The summed E-state index contributed by atoms with van der Waals surface area (Å²) >= 11 is 0. The van der Waals surface area contributed by atoms with Gasteiger partial charge in [0, 0.05) is 19.8 Å². The maximum Gasteiger partial charge on any atom is 0.345 e. The topological polar surface area (TPSA) is 108 Å². The number of furan rings is 1. The van der Waals surface area contributed by atoms with Crippen LogP contribution < -0.4 is 0 Å². The molecule has 8 heteroatoms. The van der Waals surface area contributed by atoms with E-state index in [1.165, 1.54) is 6.92 Å². The molecule has 30 heavy (non-hydrogen) atoms. The second-order valence-electron chi connectivity index (χ2n) is 9.02. The van der Waals surface area contributed by atoms with Crippen LogP contribution in [0.4, 0.5) is 0 Å². The third-order valence-corrected chi connectivity index (χ3v) is 6.75. The summed E-state index contributed by atoms with van der Waals surface area (Å²) in [5, 5.41) is 0. The third-order valence-electron chi connectivity index (χ3n) is 6.75. The third kappa shape index (κ3) is 2.77. The van der Waals surface area contributed by atoms with Gasteiger partial charge in [0.25, 0.3) is 0 Å². The SMILES string of the molecule is C=C(C)[C@H]1Cc2oc(cc2C=O)C2O[C@]2(C)C[C@@H]2OC(=O)[C@]3(O[C@@H]23)[C@H](OC(C)=O)C1. The Bertz CT molecular complexity index is 962. The van der Waals surface area contributed by atoms with Crippen molar-refractivity contribution in [1.29, 1.82) is 0 Å². The molecule has 1 aromatic heterocycles. The second kappa shape index (κ2) is 6.28. The number of carbonyl (C=O) groups is 3. The van der Waals surface area contributed by atoms with Gasteiger partial charge in [-0.2, -0.15) is 0 Å². The molecular formula is C22H24O8. The fourth-order valence-electron chi connectivity index (χ4n) is 4.98. The van der Waals surface area contributed by atoms with Crippen molar-refractivity contribution >= 4 is 18.2 Å². The lowest BCUT2D eigenvalue weighted by molar-refractivity contribution is -0.165. The number of carbonyl (C=O) groups excluding carboxylic acids is 3. The van der Waals surface area contributed by atoms with Crippen molar-refractivity contribution in [2.24, 2.45) is 5.92 Å². The summed E-state index contributed by atoms with van der Waals surface area (Å²) in [4.78, 5) is 36.3. The quantitative estimate of drug-likeness (QED) is 0.320. The van der Waals surface area contributed by atoms with Gasteiger partial charge in [-0.25, -0.2) is 4.79 Å². The van der Waals surface area contributed by atoms with Crippen LogP contribution in [-0.4, -0.2) is 47.7 Å². The zero-order chi connectivity index (χ0) is 21.4. The number of aldehydes is 1. The van der Waals surface area contributed by atoms with Crippen molar-refractivity contribution in [1.82, 2.24) is 0 Å². The van der Waals surface area contributed by atoms with Crippen LogP contribution in [0, 0.1) is 5.92 Å². The number of rotatable bonds is 3. The lowest BCUT2D eigenvalue weighted by Gasteiger charge is -2.26. The highest BCUT2D eigenvalue weighted by atomic mass is 16.7. The van der Waals surface area contributed by atoms with E-state index in [2.05, 4.69) is 6.58 Å². The normalized spacial score (nSPS) is 41.2. The summed E-state index contributed by atoms with van der Waals surface area (Å²) in [6.45, 7) is 9.13. The van der Waals surface area contributed by atoms with Crippen LogP contribution in [0.25, 0.3) is 0 Å². The Labute approximate surface area is 173 Å². The minimum Gasteiger partial charge on any atom is -0.462 e. The highest BCUT2D eigenvalue weighted by Crippen LogP contribution is 2.59. The van der Waals surface area contributed by atoms with Gasteiger partial charge in [-0.15, -0.1) is 0 Å². The van der Waals surface area contributed by atoms with Gasteiger partial charge < -0.3 is 23.4 Å². The number of hydrogen-bond donors (Lipinski definition) is 0.